The summed E-state index contributed by atoms with van der Waals surface area (Å²) in [6.07, 6.45) is 3.91. The summed E-state index contributed by atoms with van der Waals surface area (Å²) in [4.78, 5) is 12.8. The number of benzene rings is 1. The third-order valence-corrected chi connectivity index (χ3v) is 5.10. The highest BCUT2D eigenvalue weighted by Gasteiger charge is 2.33. The van der Waals surface area contributed by atoms with E-state index in [1.807, 2.05) is 11.8 Å². The molecule has 2 heterocycles. The molecule has 7 nitrogen and oxygen atoms in total. The second-order valence-corrected chi connectivity index (χ2v) is 7.09. The van der Waals surface area contributed by atoms with Gasteiger partial charge < -0.3 is 16.2 Å². The first-order chi connectivity index (χ1) is 11.6. The Bertz CT molecular complexity index is 683. The SMILES string of the molecule is Nc1c[n+](C(Cc2ccc(O)cc2)C(=O)NC2CCSCC2)no1. The van der Waals surface area contributed by atoms with Gasteiger partial charge in [0, 0.05) is 12.5 Å². The van der Waals surface area contributed by atoms with E-state index in [-0.39, 0.29) is 23.6 Å². The minimum atomic E-state index is -0.551. The molecule has 1 fully saturated rings. The van der Waals surface area contributed by atoms with Crippen molar-refractivity contribution in [3.63, 3.8) is 0 Å². The molecule has 1 aliphatic heterocycles. The lowest BCUT2D eigenvalue weighted by atomic mass is 10.0. The number of amides is 1. The molecule has 0 aliphatic carbocycles. The number of aromatic nitrogens is 2. The number of hydrogen-bond donors (Lipinski definition) is 3. The van der Waals surface area contributed by atoms with Gasteiger partial charge in [0.1, 0.15) is 5.75 Å². The molecule has 1 aromatic carbocycles. The summed E-state index contributed by atoms with van der Waals surface area (Å²) in [5.41, 5.74) is 6.51. The van der Waals surface area contributed by atoms with Gasteiger partial charge in [-0.2, -0.15) is 11.8 Å². The lowest BCUT2D eigenvalue weighted by Crippen LogP contribution is -2.52. The number of phenols is 1. The summed E-state index contributed by atoms with van der Waals surface area (Å²) in [5.74, 6) is 2.39. The smallest absolute Gasteiger partial charge is 0.293 e. The van der Waals surface area contributed by atoms with Crippen molar-refractivity contribution >= 4 is 23.6 Å². The first-order valence-corrected chi connectivity index (χ1v) is 9.07. The fraction of sp³-hybridized carbons (Fsp3) is 0.438. The number of thioether (sulfide) groups is 1. The van der Waals surface area contributed by atoms with Crippen LogP contribution in [0.2, 0.25) is 0 Å². The third-order valence-electron chi connectivity index (χ3n) is 4.06. The molecule has 1 aromatic heterocycles. The van der Waals surface area contributed by atoms with Crippen LogP contribution in [0.5, 0.6) is 5.75 Å². The van der Waals surface area contributed by atoms with E-state index in [1.165, 1.54) is 10.9 Å². The van der Waals surface area contributed by atoms with Crippen molar-refractivity contribution in [2.24, 2.45) is 0 Å². The monoisotopic (exact) mass is 349 g/mol. The van der Waals surface area contributed by atoms with Crippen molar-refractivity contribution in [3.05, 3.63) is 36.0 Å². The molecule has 1 unspecified atom stereocenters. The molecule has 24 heavy (non-hydrogen) atoms. The fourth-order valence-corrected chi connectivity index (χ4v) is 3.83. The molecule has 2 aromatic rings. The zero-order valence-electron chi connectivity index (χ0n) is 13.2. The lowest BCUT2D eigenvalue weighted by molar-refractivity contribution is -0.772. The van der Waals surface area contributed by atoms with Crippen molar-refractivity contribution in [2.45, 2.75) is 31.3 Å². The summed E-state index contributed by atoms with van der Waals surface area (Å²) in [6.45, 7) is 0. The molecule has 1 aliphatic rings. The first kappa shape index (κ1) is 16.6. The van der Waals surface area contributed by atoms with Crippen molar-refractivity contribution in [1.82, 2.24) is 10.6 Å². The van der Waals surface area contributed by atoms with Gasteiger partial charge in [0.15, 0.2) is 0 Å². The van der Waals surface area contributed by atoms with Crippen LogP contribution >= 0.6 is 11.8 Å². The quantitative estimate of drug-likeness (QED) is 0.697. The van der Waals surface area contributed by atoms with Gasteiger partial charge >= 0.3 is 0 Å². The standard InChI is InChI=1S/C16H20N4O3S/c17-15-10-20(19-23-15)14(9-11-1-3-13(21)4-2-11)16(22)18-12-5-7-24-8-6-12/h1-4,10,12,14H,5-9H2,(H3-,17,18,19,21,22)/p+1. The van der Waals surface area contributed by atoms with Gasteiger partial charge in [-0.1, -0.05) is 12.1 Å². The largest absolute Gasteiger partial charge is 0.508 e. The molecule has 128 valence electrons. The minimum Gasteiger partial charge on any atom is -0.508 e. The van der Waals surface area contributed by atoms with Gasteiger partial charge in [-0.05, 0) is 46.7 Å². The van der Waals surface area contributed by atoms with Crippen LogP contribution in [-0.4, -0.2) is 33.8 Å². The summed E-state index contributed by atoms with van der Waals surface area (Å²) >= 11 is 1.91. The zero-order chi connectivity index (χ0) is 16.9. The average molecular weight is 349 g/mol. The molecule has 1 amide bonds. The minimum absolute atomic E-state index is 0.0988. The second-order valence-electron chi connectivity index (χ2n) is 5.87. The summed E-state index contributed by atoms with van der Waals surface area (Å²) in [6, 6.07) is 6.43. The number of hydrogen-bond acceptors (Lipinski definition) is 6. The van der Waals surface area contributed by atoms with Crippen LogP contribution in [0.4, 0.5) is 5.88 Å². The molecule has 0 spiro atoms. The van der Waals surface area contributed by atoms with E-state index in [4.69, 9.17) is 10.3 Å². The van der Waals surface area contributed by atoms with E-state index in [0.29, 0.717) is 6.42 Å². The Morgan fingerprint density at radius 3 is 2.75 bits per heavy atom. The molecule has 1 atom stereocenters. The molecule has 4 N–H and O–H groups in total. The number of aromatic hydroxyl groups is 1. The van der Waals surface area contributed by atoms with Crippen LogP contribution in [0, 0.1) is 0 Å². The van der Waals surface area contributed by atoms with E-state index in [9.17, 15) is 9.90 Å². The van der Waals surface area contributed by atoms with Crippen LogP contribution < -0.4 is 15.7 Å². The van der Waals surface area contributed by atoms with Gasteiger partial charge in [0.25, 0.3) is 24.0 Å². The van der Waals surface area contributed by atoms with Crippen LogP contribution in [0.3, 0.4) is 0 Å². The summed E-state index contributed by atoms with van der Waals surface area (Å²) in [5, 5.41) is 16.4. The summed E-state index contributed by atoms with van der Waals surface area (Å²) in [7, 11) is 0. The topological polar surface area (TPSA) is 105 Å². The van der Waals surface area contributed by atoms with E-state index in [1.54, 1.807) is 24.3 Å². The van der Waals surface area contributed by atoms with E-state index < -0.39 is 6.04 Å². The highest BCUT2D eigenvalue weighted by Crippen LogP contribution is 2.19. The van der Waals surface area contributed by atoms with Gasteiger partial charge in [0.05, 0.1) is 0 Å². The Hall–Kier alpha value is -2.22. The maximum atomic E-state index is 12.8. The Labute approximate surface area is 144 Å². The zero-order valence-corrected chi connectivity index (χ0v) is 14.0. The van der Waals surface area contributed by atoms with Crippen molar-refractivity contribution in [2.75, 3.05) is 17.2 Å². The van der Waals surface area contributed by atoms with E-state index in [0.717, 1.165) is 29.9 Å². The van der Waals surface area contributed by atoms with Crippen LogP contribution in [0.15, 0.2) is 35.0 Å². The molecule has 1 saturated heterocycles. The van der Waals surface area contributed by atoms with Crippen LogP contribution in [-0.2, 0) is 11.2 Å². The van der Waals surface area contributed by atoms with Crippen LogP contribution in [0.25, 0.3) is 0 Å². The van der Waals surface area contributed by atoms with Crippen molar-refractivity contribution in [1.29, 1.82) is 0 Å². The van der Waals surface area contributed by atoms with E-state index in [2.05, 4.69) is 10.6 Å². The second kappa shape index (κ2) is 7.57. The van der Waals surface area contributed by atoms with Gasteiger partial charge in [-0.15, -0.1) is 0 Å². The highest BCUT2D eigenvalue weighted by molar-refractivity contribution is 7.99. The molecule has 3 rings (SSSR count). The van der Waals surface area contributed by atoms with Crippen molar-refractivity contribution < 1.29 is 19.1 Å². The first-order valence-electron chi connectivity index (χ1n) is 7.91. The predicted octanol–water partition coefficient (Wildman–Crippen LogP) is 1.05. The number of rotatable bonds is 5. The number of nitrogens with two attached hydrogens (primary N) is 1. The third kappa shape index (κ3) is 4.19. The number of carbonyl (C=O) groups excluding carboxylic acids is 1. The Morgan fingerprint density at radius 1 is 1.42 bits per heavy atom. The number of anilines is 1. The average Bonchev–Trinajstić information content (AvgIpc) is 3.01. The fourth-order valence-electron chi connectivity index (χ4n) is 2.72. The van der Waals surface area contributed by atoms with E-state index >= 15 is 0 Å². The van der Waals surface area contributed by atoms with Gasteiger partial charge in [0.2, 0.25) is 5.27 Å². The Kier molecular flexibility index (Phi) is 5.24. The lowest BCUT2D eigenvalue weighted by Gasteiger charge is -2.23. The number of nitrogens with zero attached hydrogens (tertiary/aromatic N) is 2. The summed E-state index contributed by atoms with van der Waals surface area (Å²) < 4.78 is 6.36. The normalized spacial score (nSPS) is 16.7. The molecule has 8 heteroatoms. The number of nitrogens with one attached hydrogen (secondary N) is 1. The molecule has 0 bridgehead atoms. The Morgan fingerprint density at radius 2 is 2.12 bits per heavy atom. The molecule has 0 saturated carbocycles. The highest BCUT2D eigenvalue weighted by atomic mass is 32.2. The molecular weight excluding hydrogens is 328 g/mol. The number of phenolic OH excluding ortho intramolecular Hbond substituents is 1. The van der Waals surface area contributed by atoms with Gasteiger partial charge in [-0.25, -0.2) is 0 Å². The number of carbonyl (C=O) groups is 1. The maximum Gasteiger partial charge on any atom is 0.293 e. The molecule has 0 radical (unpaired) electrons. The van der Waals surface area contributed by atoms with Crippen molar-refractivity contribution in [3.8, 4) is 5.75 Å². The van der Waals surface area contributed by atoms with Crippen LogP contribution in [0.1, 0.15) is 24.4 Å². The maximum absolute atomic E-state index is 12.8. The number of nitrogen functional groups attached to an aromatic ring is 1. The van der Waals surface area contributed by atoms with Gasteiger partial charge in [-0.3, -0.25) is 9.32 Å². The predicted molar refractivity (Wildman–Crippen MR) is 90.4 cm³/mol. The Balaban J connectivity index is 1.76. The molecular formula is C16H21N4O3S+.